The lowest BCUT2D eigenvalue weighted by Crippen LogP contribution is -2.36. The molecular formula is C25H28N2O6. The van der Waals surface area contributed by atoms with E-state index in [2.05, 4.69) is 5.32 Å². The zero-order valence-corrected chi connectivity index (χ0v) is 18.8. The summed E-state index contributed by atoms with van der Waals surface area (Å²) in [4.78, 5) is 28.3. The van der Waals surface area contributed by atoms with E-state index in [0.29, 0.717) is 54.1 Å². The molecule has 0 radical (unpaired) electrons. The second kappa shape index (κ2) is 8.84. The van der Waals surface area contributed by atoms with Crippen molar-refractivity contribution in [1.29, 1.82) is 0 Å². The quantitative estimate of drug-likeness (QED) is 0.695. The molecule has 2 fully saturated rings. The molecule has 33 heavy (non-hydrogen) atoms. The lowest BCUT2D eigenvalue weighted by Gasteiger charge is -2.21. The fraction of sp³-hybridized carbons (Fsp3) is 0.440. The third-order valence-corrected chi connectivity index (χ3v) is 6.66. The number of benzene rings is 2. The van der Waals surface area contributed by atoms with Crippen molar-refractivity contribution in [2.24, 2.45) is 11.8 Å². The fourth-order valence-electron chi connectivity index (χ4n) is 4.66. The largest absolute Gasteiger partial charge is 0.493 e. The lowest BCUT2D eigenvalue weighted by atomic mass is 9.87. The topological polar surface area (TPSA) is 86.3 Å². The van der Waals surface area contributed by atoms with Crippen LogP contribution in [0.25, 0.3) is 0 Å². The Morgan fingerprint density at radius 3 is 2.64 bits per heavy atom. The minimum Gasteiger partial charge on any atom is -0.493 e. The number of nitrogens with zero attached hydrogens (tertiary/aromatic N) is 1. The minimum atomic E-state index is -0.386. The summed E-state index contributed by atoms with van der Waals surface area (Å²) in [7, 11) is 3.18. The first kappa shape index (κ1) is 21.4. The van der Waals surface area contributed by atoms with E-state index < -0.39 is 0 Å². The lowest BCUT2D eigenvalue weighted by molar-refractivity contribution is -0.125. The van der Waals surface area contributed by atoms with Gasteiger partial charge >= 0.3 is 0 Å². The van der Waals surface area contributed by atoms with E-state index in [1.54, 1.807) is 37.3 Å². The van der Waals surface area contributed by atoms with E-state index in [0.717, 1.165) is 18.4 Å². The van der Waals surface area contributed by atoms with Crippen molar-refractivity contribution in [3.05, 3.63) is 47.5 Å². The minimum absolute atomic E-state index is 0.0299. The Bertz CT molecular complexity index is 1070. The Morgan fingerprint density at radius 2 is 1.88 bits per heavy atom. The van der Waals surface area contributed by atoms with Gasteiger partial charge in [-0.05, 0) is 43.0 Å². The van der Waals surface area contributed by atoms with Crippen LogP contribution < -0.4 is 24.3 Å². The van der Waals surface area contributed by atoms with Crippen molar-refractivity contribution in [2.75, 3.05) is 40.6 Å². The molecule has 2 aliphatic heterocycles. The SMILES string of the molecule is COc1cccc([C@H]2CN(C(=O)c3ccc4c(c3)OCO4)C[C@H]2C(=O)NCC2CC2)c1OC. The number of carbonyl (C=O) groups excluding carboxylic acids is 2. The summed E-state index contributed by atoms with van der Waals surface area (Å²) in [6.07, 6.45) is 2.32. The van der Waals surface area contributed by atoms with Crippen LogP contribution in [0.5, 0.6) is 23.0 Å². The number of fused-ring (bicyclic) bond motifs is 1. The highest BCUT2D eigenvalue weighted by atomic mass is 16.7. The Balaban J connectivity index is 1.43. The van der Waals surface area contributed by atoms with Gasteiger partial charge in [0.15, 0.2) is 23.0 Å². The average Bonchev–Trinajstić information content (AvgIpc) is 3.37. The molecule has 2 heterocycles. The first-order valence-electron chi connectivity index (χ1n) is 11.3. The summed E-state index contributed by atoms with van der Waals surface area (Å²) in [6, 6.07) is 10.8. The third-order valence-electron chi connectivity index (χ3n) is 6.66. The van der Waals surface area contributed by atoms with Crippen LogP contribution in [-0.4, -0.2) is 57.4 Å². The van der Waals surface area contributed by atoms with Crippen molar-refractivity contribution in [1.82, 2.24) is 10.2 Å². The van der Waals surface area contributed by atoms with Crippen LogP contribution in [0.15, 0.2) is 36.4 Å². The second-order valence-electron chi connectivity index (χ2n) is 8.76. The molecule has 8 heteroatoms. The van der Waals surface area contributed by atoms with Gasteiger partial charge < -0.3 is 29.2 Å². The molecule has 2 aromatic carbocycles. The Morgan fingerprint density at radius 1 is 1.06 bits per heavy atom. The number of para-hydroxylation sites is 1. The van der Waals surface area contributed by atoms with Crippen LogP contribution in [-0.2, 0) is 4.79 Å². The van der Waals surface area contributed by atoms with Gasteiger partial charge in [-0.2, -0.15) is 0 Å². The standard InChI is InChI=1S/C25H28N2O6/c1-30-21-5-3-4-17(23(21)31-2)18-12-27(13-19(18)24(28)26-11-15-6-7-15)25(29)16-8-9-20-22(10-16)33-14-32-20/h3-5,8-10,15,18-19H,6-7,11-14H2,1-2H3,(H,26,28)/t18-,19-/m1/s1. The van der Waals surface area contributed by atoms with Gasteiger partial charge in [-0.1, -0.05) is 12.1 Å². The van der Waals surface area contributed by atoms with Gasteiger partial charge in [-0.25, -0.2) is 0 Å². The maximum Gasteiger partial charge on any atom is 0.254 e. The Hall–Kier alpha value is -3.42. The predicted octanol–water partition coefficient (Wildman–Crippen LogP) is 2.81. The molecular weight excluding hydrogens is 424 g/mol. The molecule has 1 aliphatic carbocycles. The van der Waals surface area contributed by atoms with Gasteiger partial charge in [-0.15, -0.1) is 0 Å². The molecule has 1 saturated carbocycles. The highest BCUT2D eigenvalue weighted by Crippen LogP contribution is 2.42. The normalized spacial score (nSPS) is 21.1. The summed E-state index contributed by atoms with van der Waals surface area (Å²) in [5.41, 5.74) is 1.37. The zero-order valence-electron chi connectivity index (χ0n) is 18.8. The second-order valence-corrected chi connectivity index (χ2v) is 8.76. The summed E-state index contributed by atoms with van der Waals surface area (Å²) >= 11 is 0. The van der Waals surface area contributed by atoms with E-state index in [1.807, 2.05) is 18.2 Å². The van der Waals surface area contributed by atoms with Crippen molar-refractivity contribution < 1.29 is 28.5 Å². The van der Waals surface area contributed by atoms with Crippen molar-refractivity contribution in [3.63, 3.8) is 0 Å². The molecule has 8 nitrogen and oxygen atoms in total. The van der Waals surface area contributed by atoms with Crippen LogP contribution in [0.2, 0.25) is 0 Å². The van der Waals surface area contributed by atoms with Crippen molar-refractivity contribution >= 4 is 11.8 Å². The summed E-state index contributed by atoms with van der Waals surface area (Å²) in [6.45, 7) is 1.57. The first-order chi connectivity index (χ1) is 16.1. The monoisotopic (exact) mass is 452 g/mol. The van der Waals surface area contributed by atoms with E-state index in [-0.39, 0.29) is 30.4 Å². The van der Waals surface area contributed by atoms with Gasteiger partial charge in [0.2, 0.25) is 12.7 Å². The first-order valence-corrected chi connectivity index (χ1v) is 11.3. The average molecular weight is 453 g/mol. The van der Waals surface area contributed by atoms with Gasteiger partial charge in [-0.3, -0.25) is 9.59 Å². The van der Waals surface area contributed by atoms with Crippen molar-refractivity contribution in [3.8, 4) is 23.0 Å². The maximum absolute atomic E-state index is 13.4. The molecule has 5 rings (SSSR count). The van der Waals surface area contributed by atoms with Gasteiger partial charge in [0.25, 0.3) is 5.91 Å². The number of rotatable bonds is 7. The summed E-state index contributed by atoms with van der Waals surface area (Å²) in [5.74, 6) is 2.20. The number of amides is 2. The molecule has 2 amide bonds. The van der Waals surface area contributed by atoms with Crippen LogP contribution in [0.3, 0.4) is 0 Å². The highest BCUT2D eigenvalue weighted by molar-refractivity contribution is 5.96. The van der Waals surface area contributed by atoms with E-state index in [4.69, 9.17) is 18.9 Å². The van der Waals surface area contributed by atoms with Crippen LogP contribution >= 0.6 is 0 Å². The summed E-state index contributed by atoms with van der Waals surface area (Å²) < 4.78 is 21.9. The number of carbonyl (C=O) groups is 2. The third kappa shape index (κ3) is 4.17. The van der Waals surface area contributed by atoms with Gasteiger partial charge in [0.1, 0.15) is 0 Å². The maximum atomic E-state index is 13.4. The smallest absolute Gasteiger partial charge is 0.254 e. The molecule has 0 unspecified atom stereocenters. The number of likely N-dealkylation sites (tertiary alicyclic amines) is 1. The number of nitrogens with one attached hydrogen (secondary N) is 1. The number of methoxy groups -OCH3 is 2. The molecule has 1 saturated heterocycles. The summed E-state index contributed by atoms with van der Waals surface area (Å²) in [5, 5.41) is 3.10. The fourth-order valence-corrected chi connectivity index (χ4v) is 4.66. The number of hydrogen-bond donors (Lipinski definition) is 1. The van der Waals surface area contributed by atoms with E-state index in [1.165, 1.54) is 0 Å². The van der Waals surface area contributed by atoms with Crippen LogP contribution in [0.4, 0.5) is 0 Å². The Labute approximate surface area is 192 Å². The molecule has 3 aliphatic rings. The van der Waals surface area contributed by atoms with E-state index >= 15 is 0 Å². The van der Waals surface area contributed by atoms with Crippen LogP contribution in [0, 0.1) is 11.8 Å². The van der Waals surface area contributed by atoms with Crippen molar-refractivity contribution in [2.45, 2.75) is 18.8 Å². The zero-order chi connectivity index (χ0) is 22.9. The molecule has 0 aromatic heterocycles. The van der Waals surface area contributed by atoms with Gasteiger partial charge in [0.05, 0.1) is 20.1 Å². The number of ether oxygens (including phenoxy) is 4. The molecule has 2 aromatic rings. The molecule has 2 atom stereocenters. The molecule has 0 spiro atoms. The highest BCUT2D eigenvalue weighted by Gasteiger charge is 2.42. The number of hydrogen-bond acceptors (Lipinski definition) is 6. The van der Waals surface area contributed by atoms with E-state index in [9.17, 15) is 9.59 Å². The van der Waals surface area contributed by atoms with Gasteiger partial charge in [0, 0.05) is 36.7 Å². The predicted molar refractivity (Wildman–Crippen MR) is 120 cm³/mol. The Kier molecular flexibility index (Phi) is 5.74. The molecule has 1 N–H and O–H groups in total. The van der Waals surface area contributed by atoms with Crippen LogP contribution in [0.1, 0.15) is 34.7 Å². The molecule has 174 valence electrons. The molecule has 0 bridgehead atoms.